The molecule has 0 saturated carbocycles. The Morgan fingerprint density at radius 2 is 2.15 bits per heavy atom. The maximum Gasteiger partial charge on any atom is 0.289 e. The van der Waals surface area contributed by atoms with Crippen molar-refractivity contribution in [2.24, 2.45) is 0 Å². The van der Waals surface area contributed by atoms with Gasteiger partial charge in [0.1, 0.15) is 5.02 Å². The van der Waals surface area contributed by atoms with Gasteiger partial charge in [0.2, 0.25) is 0 Å². The molecule has 2 aromatic rings. The van der Waals surface area contributed by atoms with E-state index in [1.165, 1.54) is 12.1 Å². The molecule has 0 bridgehead atoms. The lowest BCUT2D eigenvalue weighted by Crippen LogP contribution is -2.06. The quantitative estimate of drug-likeness (QED) is 0.667. The highest BCUT2D eigenvalue weighted by Crippen LogP contribution is 2.31. The average Bonchev–Trinajstić information content (AvgIpc) is 2.70. The fourth-order valence-corrected chi connectivity index (χ4v) is 3.12. The van der Waals surface area contributed by atoms with E-state index >= 15 is 0 Å². The van der Waals surface area contributed by atoms with Gasteiger partial charge < -0.3 is 5.32 Å². The van der Waals surface area contributed by atoms with Crippen molar-refractivity contribution in [3.8, 4) is 0 Å². The molecular formula is C13H14ClN3O2S. The minimum absolute atomic E-state index is 0.0296. The van der Waals surface area contributed by atoms with E-state index in [0.29, 0.717) is 5.69 Å². The highest BCUT2D eigenvalue weighted by atomic mass is 35.5. The van der Waals surface area contributed by atoms with Crippen LogP contribution in [0.3, 0.4) is 0 Å². The fourth-order valence-electron chi connectivity index (χ4n) is 2.01. The molecule has 0 radical (unpaired) electrons. The van der Waals surface area contributed by atoms with Gasteiger partial charge in [-0.2, -0.15) is 0 Å². The Morgan fingerprint density at radius 1 is 1.45 bits per heavy atom. The molecule has 0 amide bonds. The molecule has 0 spiro atoms. The van der Waals surface area contributed by atoms with E-state index in [-0.39, 0.29) is 16.8 Å². The number of nitrogens with zero attached hydrogens (tertiary/aromatic N) is 2. The third-order valence-electron chi connectivity index (χ3n) is 2.86. The number of benzene rings is 1. The zero-order chi connectivity index (χ0) is 14.9. The van der Waals surface area contributed by atoms with Crippen LogP contribution in [0.1, 0.15) is 28.5 Å². The van der Waals surface area contributed by atoms with Crippen LogP contribution in [0.2, 0.25) is 5.02 Å². The number of aromatic nitrogens is 1. The summed E-state index contributed by atoms with van der Waals surface area (Å²) in [6, 6.07) is 4.73. The van der Waals surface area contributed by atoms with Crippen LogP contribution in [-0.2, 0) is 0 Å². The van der Waals surface area contributed by atoms with E-state index in [1.54, 1.807) is 17.4 Å². The molecule has 0 saturated heterocycles. The van der Waals surface area contributed by atoms with Gasteiger partial charge in [0.15, 0.2) is 0 Å². The lowest BCUT2D eigenvalue weighted by atomic mass is 10.2. The normalized spacial score (nSPS) is 12.2. The van der Waals surface area contributed by atoms with Gasteiger partial charge in [0, 0.05) is 16.6 Å². The summed E-state index contributed by atoms with van der Waals surface area (Å²) in [5.41, 5.74) is 1.55. The molecule has 1 unspecified atom stereocenters. The van der Waals surface area contributed by atoms with Gasteiger partial charge in [0.05, 0.1) is 21.7 Å². The minimum Gasteiger partial charge on any atom is -0.377 e. The second-order valence-corrected chi connectivity index (χ2v) is 6.11. The lowest BCUT2D eigenvalue weighted by molar-refractivity contribution is -0.384. The first-order valence-electron chi connectivity index (χ1n) is 6.03. The third-order valence-corrected chi connectivity index (χ3v) is 4.43. The summed E-state index contributed by atoms with van der Waals surface area (Å²) >= 11 is 7.42. The summed E-state index contributed by atoms with van der Waals surface area (Å²) in [7, 11) is 0. The van der Waals surface area contributed by atoms with E-state index in [9.17, 15) is 10.1 Å². The van der Waals surface area contributed by atoms with Gasteiger partial charge in [0.25, 0.3) is 5.69 Å². The molecule has 0 fully saturated rings. The Balaban J connectivity index is 2.24. The smallest absolute Gasteiger partial charge is 0.289 e. The summed E-state index contributed by atoms with van der Waals surface area (Å²) in [4.78, 5) is 15.9. The predicted octanol–water partition coefficient (Wildman–Crippen LogP) is 4.49. The Bertz CT molecular complexity index is 657. The van der Waals surface area contributed by atoms with Crippen molar-refractivity contribution in [1.82, 2.24) is 4.98 Å². The largest absolute Gasteiger partial charge is 0.377 e. The van der Waals surface area contributed by atoms with Gasteiger partial charge in [-0.25, -0.2) is 4.98 Å². The van der Waals surface area contributed by atoms with E-state index < -0.39 is 4.92 Å². The van der Waals surface area contributed by atoms with E-state index in [1.807, 2.05) is 20.8 Å². The molecule has 20 heavy (non-hydrogen) atoms. The summed E-state index contributed by atoms with van der Waals surface area (Å²) in [6.07, 6.45) is 0. The van der Waals surface area contributed by atoms with Gasteiger partial charge in [-0.1, -0.05) is 11.6 Å². The SMILES string of the molecule is Cc1nc(C)c(C(C)Nc2ccc(Cl)c([N+](=O)[O-])c2)s1. The van der Waals surface area contributed by atoms with Crippen molar-refractivity contribution in [3.63, 3.8) is 0 Å². The van der Waals surface area contributed by atoms with Crippen LogP contribution in [-0.4, -0.2) is 9.91 Å². The molecule has 1 atom stereocenters. The molecule has 106 valence electrons. The number of hydrogen-bond donors (Lipinski definition) is 1. The summed E-state index contributed by atoms with van der Waals surface area (Å²) in [6.45, 7) is 5.92. The number of aryl methyl sites for hydroxylation is 2. The van der Waals surface area contributed by atoms with Crippen LogP contribution in [0.25, 0.3) is 0 Å². The van der Waals surface area contributed by atoms with Crippen LogP contribution >= 0.6 is 22.9 Å². The van der Waals surface area contributed by atoms with Crippen molar-refractivity contribution < 1.29 is 4.92 Å². The Labute approximate surface area is 125 Å². The molecule has 0 aliphatic rings. The average molecular weight is 312 g/mol. The van der Waals surface area contributed by atoms with Crippen LogP contribution in [0.5, 0.6) is 0 Å². The molecule has 2 rings (SSSR count). The molecule has 1 aromatic carbocycles. The highest BCUT2D eigenvalue weighted by molar-refractivity contribution is 7.11. The number of nitrogens with one attached hydrogen (secondary N) is 1. The van der Waals surface area contributed by atoms with Crippen LogP contribution < -0.4 is 5.32 Å². The number of hydrogen-bond acceptors (Lipinski definition) is 5. The summed E-state index contributed by atoms with van der Waals surface area (Å²) in [5, 5.41) is 15.3. The van der Waals surface area contributed by atoms with Crippen molar-refractivity contribution in [3.05, 3.63) is 48.9 Å². The first-order valence-corrected chi connectivity index (χ1v) is 7.22. The third kappa shape index (κ3) is 3.08. The van der Waals surface area contributed by atoms with Crippen molar-refractivity contribution in [2.45, 2.75) is 26.8 Å². The Hall–Kier alpha value is -1.66. The molecule has 1 heterocycles. The summed E-state index contributed by atoms with van der Waals surface area (Å²) in [5.74, 6) is 0. The predicted molar refractivity (Wildman–Crippen MR) is 81.7 cm³/mol. The highest BCUT2D eigenvalue weighted by Gasteiger charge is 2.16. The number of nitro groups is 1. The monoisotopic (exact) mass is 311 g/mol. The molecule has 0 aliphatic carbocycles. The molecule has 7 heteroatoms. The van der Waals surface area contributed by atoms with E-state index in [0.717, 1.165) is 15.6 Å². The van der Waals surface area contributed by atoms with Gasteiger partial charge >= 0.3 is 0 Å². The van der Waals surface area contributed by atoms with E-state index in [4.69, 9.17) is 11.6 Å². The van der Waals surface area contributed by atoms with Crippen LogP contribution in [0.15, 0.2) is 18.2 Å². The lowest BCUT2D eigenvalue weighted by Gasteiger charge is -2.14. The van der Waals surface area contributed by atoms with Crippen LogP contribution in [0, 0.1) is 24.0 Å². The van der Waals surface area contributed by atoms with Gasteiger partial charge in [-0.3, -0.25) is 10.1 Å². The van der Waals surface area contributed by atoms with Crippen molar-refractivity contribution in [1.29, 1.82) is 0 Å². The number of anilines is 1. The first-order chi connectivity index (χ1) is 9.38. The summed E-state index contributed by atoms with van der Waals surface area (Å²) < 4.78 is 0. The van der Waals surface area contributed by atoms with Crippen molar-refractivity contribution >= 4 is 34.3 Å². The van der Waals surface area contributed by atoms with E-state index in [2.05, 4.69) is 10.3 Å². The molecule has 1 N–H and O–H groups in total. The Morgan fingerprint density at radius 3 is 2.70 bits per heavy atom. The molecule has 0 aliphatic heterocycles. The number of nitro benzene ring substituents is 1. The van der Waals surface area contributed by atoms with Gasteiger partial charge in [-0.05, 0) is 32.9 Å². The number of halogens is 1. The van der Waals surface area contributed by atoms with Crippen molar-refractivity contribution in [2.75, 3.05) is 5.32 Å². The standard InChI is InChI=1S/C13H14ClN3O2S/c1-7-13(20-9(3)15-7)8(2)16-10-4-5-11(14)12(6-10)17(18)19/h4-6,8,16H,1-3H3. The zero-order valence-electron chi connectivity index (χ0n) is 11.3. The molecule has 1 aromatic heterocycles. The number of rotatable bonds is 4. The van der Waals surface area contributed by atoms with Crippen LogP contribution in [0.4, 0.5) is 11.4 Å². The second-order valence-electron chi connectivity index (χ2n) is 4.47. The maximum atomic E-state index is 10.9. The molecule has 5 nitrogen and oxygen atoms in total. The fraction of sp³-hybridized carbons (Fsp3) is 0.308. The maximum absolute atomic E-state index is 10.9. The Kier molecular flexibility index (Phi) is 4.25. The first kappa shape index (κ1) is 14.7. The zero-order valence-corrected chi connectivity index (χ0v) is 12.9. The minimum atomic E-state index is -0.486. The second kappa shape index (κ2) is 5.76. The van der Waals surface area contributed by atoms with Gasteiger partial charge in [-0.15, -0.1) is 11.3 Å². The molecular weight excluding hydrogens is 298 g/mol. The number of thiazole rings is 1. The topological polar surface area (TPSA) is 68.1 Å².